The molecule has 1 saturated heterocycles. The molecule has 4 N–H and O–H groups in total. The van der Waals surface area contributed by atoms with Gasteiger partial charge in [0.25, 0.3) is 0 Å². The predicted molar refractivity (Wildman–Crippen MR) is 192 cm³/mol. The van der Waals surface area contributed by atoms with Gasteiger partial charge in [0, 0.05) is 25.2 Å². The maximum absolute atomic E-state index is 13.6. The largest absolute Gasteiger partial charge is 0.462 e. The quantitative estimate of drug-likeness (QED) is 0.167. The van der Waals surface area contributed by atoms with Crippen LogP contribution in [0.3, 0.4) is 0 Å². The van der Waals surface area contributed by atoms with Crippen LogP contribution in [0.15, 0.2) is 35.5 Å². The van der Waals surface area contributed by atoms with Crippen LogP contribution in [-0.2, 0) is 28.5 Å². The third kappa shape index (κ3) is 12.1. The van der Waals surface area contributed by atoms with Crippen LogP contribution in [0.4, 0.5) is 0 Å². The van der Waals surface area contributed by atoms with Gasteiger partial charge < -0.3 is 39.4 Å². The van der Waals surface area contributed by atoms with Crippen molar-refractivity contribution in [3.8, 4) is 0 Å². The number of carbonyl (C=O) groups is 2. The molecule has 0 amide bonds. The number of hydrogen-bond acceptors (Lipinski definition) is 10. The van der Waals surface area contributed by atoms with E-state index in [4.69, 9.17) is 18.9 Å². The zero-order valence-corrected chi connectivity index (χ0v) is 31.9. The molecular formula is C40H66O10. The number of hydrogen-bond donors (Lipinski definition) is 4. The van der Waals surface area contributed by atoms with Crippen LogP contribution >= 0.6 is 0 Å². The van der Waals surface area contributed by atoms with E-state index in [1.165, 1.54) is 0 Å². The molecule has 10 heteroatoms. The van der Waals surface area contributed by atoms with E-state index in [1.54, 1.807) is 20.8 Å². The Labute approximate surface area is 300 Å². The highest BCUT2D eigenvalue weighted by atomic mass is 16.7. The first-order chi connectivity index (χ1) is 23.4. The van der Waals surface area contributed by atoms with E-state index in [0.717, 1.165) is 24.0 Å². The molecule has 0 spiro atoms. The van der Waals surface area contributed by atoms with Crippen LogP contribution < -0.4 is 0 Å². The minimum Gasteiger partial charge on any atom is -0.462 e. The Morgan fingerprint density at radius 3 is 2.40 bits per heavy atom. The molecule has 14 unspecified atom stereocenters. The molecule has 0 aromatic carbocycles. The fourth-order valence-electron chi connectivity index (χ4n) is 7.82. The van der Waals surface area contributed by atoms with Gasteiger partial charge in [-0.3, -0.25) is 9.59 Å². The summed E-state index contributed by atoms with van der Waals surface area (Å²) in [6.45, 7) is 17.3. The van der Waals surface area contributed by atoms with Crippen LogP contribution in [0.1, 0.15) is 120 Å². The predicted octanol–water partition coefficient (Wildman–Crippen LogP) is 5.94. The molecule has 0 aromatic rings. The van der Waals surface area contributed by atoms with E-state index < -0.39 is 60.6 Å². The summed E-state index contributed by atoms with van der Waals surface area (Å²) in [6.07, 6.45) is 6.93. The lowest BCUT2D eigenvalue weighted by Crippen LogP contribution is -2.48. The molecule has 10 nitrogen and oxygen atoms in total. The molecule has 0 aromatic heterocycles. The minimum atomic E-state index is -1.71. The topological polar surface area (TPSA) is 152 Å². The second kappa shape index (κ2) is 19.2. The number of cyclic esters (lactones) is 1. The standard InChI is InChI=1S/C40H66O10/c1-10-32(41)29(8)36(44)26(5)20-28(7)38-27(6)19-23(2)15-16-31(48-35-21-33(42)37(45)30(9)47-35)14-12-11-13-24(3)39-25(4)17-18-40(46,50-39)22-34(43)49-38/h13,15-17,23,26-31,33,35-39,42,44-46H,10-12,14,18-22H2,1-9H3. The number of Topliss-reactive ketones (excluding diaryl/α,β-unsaturated/α-hetero) is 1. The molecule has 50 heavy (non-hydrogen) atoms. The zero-order chi connectivity index (χ0) is 37.3. The average Bonchev–Trinajstić information content (AvgIpc) is 3.05. The number of allylic oxidation sites excluding steroid dienone is 2. The number of rotatable bonds is 9. The number of esters is 1. The highest BCUT2D eigenvalue weighted by molar-refractivity contribution is 5.80. The Bertz CT molecular complexity index is 1180. The van der Waals surface area contributed by atoms with Gasteiger partial charge in [0.1, 0.15) is 24.1 Å². The fourth-order valence-corrected chi connectivity index (χ4v) is 7.82. The summed E-state index contributed by atoms with van der Waals surface area (Å²) in [5.41, 5.74) is 1.91. The molecular weight excluding hydrogens is 640 g/mol. The van der Waals surface area contributed by atoms with E-state index in [1.807, 2.05) is 33.8 Å². The lowest BCUT2D eigenvalue weighted by atomic mass is 9.79. The minimum absolute atomic E-state index is 0.0163. The fraction of sp³-hybridized carbons (Fsp3) is 0.800. The molecule has 286 valence electrons. The van der Waals surface area contributed by atoms with E-state index in [-0.39, 0.29) is 54.8 Å². The summed E-state index contributed by atoms with van der Waals surface area (Å²) in [5.74, 6) is -3.05. The number of ether oxygens (including phenoxy) is 4. The van der Waals surface area contributed by atoms with Gasteiger partial charge in [0.05, 0.1) is 30.8 Å². The van der Waals surface area contributed by atoms with Crippen molar-refractivity contribution in [3.05, 3.63) is 35.5 Å². The number of ketones is 1. The Balaban J connectivity index is 1.88. The summed E-state index contributed by atoms with van der Waals surface area (Å²) < 4.78 is 24.7. The van der Waals surface area contributed by atoms with Crippen LogP contribution in [0.25, 0.3) is 0 Å². The first kappa shape index (κ1) is 42.5. The van der Waals surface area contributed by atoms with Crippen molar-refractivity contribution in [1.29, 1.82) is 0 Å². The van der Waals surface area contributed by atoms with E-state index in [9.17, 15) is 30.0 Å². The van der Waals surface area contributed by atoms with Crippen molar-refractivity contribution in [2.45, 2.75) is 175 Å². The van der Waals surface area contributed by atoms with Crippen molar-refractivity contribution >= 4 is 11.8 Å². The summed E-state index contributed by atoms with van der Waals surface area (Å²) in [5, 5.41) is 43.0. The Kier molecular flexibility index (Phi) is 16.4. The van der Waals surface area contributed by atoms with Gasteiger partial charge in [-0.05, 0) is 87.7 Å². The van der Waals surface area contributed by atoms with Crippen molar-refractivity contribution in [2.24, 2.45) is 29.6 Å². The number of aliphatic hydroxyl groups excluding tert-OH is 3. The Hall–Kier alpha value is -1.92. The van der Waals surface area contributed by atoms with E-state index in [0.29, 0.717) is 25.7 Å². The molecule has 3 rings (SSSR count). The number of aliphatic hydroxyl groups is 4. The van der Waals surface area contributed by atoms with Crippen molar-refractivity contribution in [3.63, 3.8) is 0 Å². The van der Waals surface area contributed by atoms with Crippen LogP contribution in [-0.4, -0.2) is 87.0 Å². The lowest BCUT2D eigenvalue weighted by molar-refractivity contribution is -0.254. The van der Waals surface area contributed by atoms with E-state index >= 15 is 0 Å². The van der Waals surface area contributed by atoms with Gasteiger partial charge in [0.2, 0.25) is 0 Å². The van der Waals surface area contributed by atoms with Gasteiger partial charge in [-0.15, -0.1) is 0 Å². The summed E-state index contributed by atoms with van der Waals surface area (Å²) >= 11 is 0. The van der Waals surface area contributed by atoms with Crippen LogP contribution in [0.5, 0.6) is 0 Å². The van der Waals surface area contributed by atoms with Crippen LogP contribution in [0, 0.1) is 29.6 Å². The van der Waals surface area contributed by atoms with Crippen molar-refractivity contribution < 1.29 is 49.0 Å². The normalized spacial score (nSPS) is 37.6. The molecule has 3 aliphatic heterocycles. The summed E-state index contributed by atoms with van der Waals surface area (Å²) in [6, 6.07) is 0. The second-order valence-corrected chi connectivity index (χ2v) is 15.7. The Morgan fingerprint density at radius 1 is 1.06 bits per heavy atom. The highest BCUT2D eigenvalue weighted by Gasteiger charge is 2.40. The van der Waals surface area contributed by atoms with Crippen LogP contribution in [0.2, 0.25) is 0 Å². The molecule has 3 heterocycles. The Morgan fingerprint density at radius 2 is 1.74 bits per heavy atom. The molecule has 3 aliphatic rings. The smallest absolute Gasteiger partial charge is 0.311 e. The third-order valence-electron chi connectivity index (χ3n) is 11.0. The molecule has 1 fully saturated rings. The van der Waals surface area contributed by atoms with Gasteiger partial charge in [0.15, 0.2) is 12.1 Å². The summed E-state index contributed by atoms with van der Waals surface area (Å²) in [4.78, 5) is 25.9. The van der Waals surface area contributed by atoms with E-state index in [2.05, 4.69) is 32.1 Å². The first-order valence-electron chi connectivity index (χ1n) is 18.9. The van der Waals surface area contributed by atoms with Gasteiger partial charge >= 0.3 is 5.97 Å². The average molecular weight is 707 g/mol. The molecule has 2 bridgehead atoms. The molecule has 0 saturated carbocycles. The SMILES string of the molecule is CCC(=O)C(C)C(O)C(C)CC(C)C1OC(=O)CC2(O)CC=C(C)C(O2)C(C)=CCCCC(OC2CC(O)C(O)C(C)O2)C=CC(C)CC1C. The molecule has 0 radical (unpaired) electrons. The maximum Gasteiger partial charge on any atom is 0.311 e. The third-order valence-corrected chi connectivity index (χ3v) is 11.0. The maximum atomic E-state index is 13.6. The monoisotopic (exact) mass is 706 g/mol. The van der Waals surface area contributed by atoms with Crippen molar-refractivity contribution in [2.75, 3.05) is 0 Å². The van der Waals surface area contributed by atoms with Gasteiger partial charge in [-0.2, -0.15) is 0 Å². The first-order valence-corrected chi connectivity index (χ1v) is 18.9. The highest BCUT2D eigenvalue weighted by Crippen LogP contribution is 2.35. The number of carbonyl (C=O) groups excluding carboxylic acids is 2. The zero-order valence-electron chi connectivity index (χ0n) is 31.9. The molecule has 14 atom stereocenters. The van der Waals surface area contributed by atoms with Gasteiger partial charge in [-0.1, -0.05) is 65.8 Å². The molecule has 0 aliphatic carbocycles. The van der Waals surface area contributed by atoms with Gasteiger partial charge in [-0.25, -0.2) is 0 Å². The van der Waals surface area contributed by atoms with Crippen molar-refractivity contribution in [1.82, 2.24) is 0 Å². The summed E-state index contributed by atoms with van der Waals surface area (Å²) in [7, 11) is 0. The second-order valence-electron chi connectivity index (χ2n) is 15.7. The number of fused-ring (bicyclic) bond motifs is 2. The lowest BCUT2D eigenvalue weighted by Gasteiger charge is -2.38.